The number of aromatic nitrogens is 1. The van der Waals surface area contributed by atoms with Crippen molar-refractivity contribution in [3.05, 3.63) is 41.5 Å². The molecule has 3 nitrogen and oxygen atoms in total. The number of benzene rings is 1. The van der Waals surface area contributed by atoms with E-state index in [1.165, 1.54) is 0 Å². The molecule has 0 aliphatic carbocycles. The van der Waals surface area contributed by atoms with Crippen molar-refractivity contribution in [2.24, 2.45) is 0 Å². The average Bonchev–Trinajstić information content (AvgIpc) is 2.69. The number of thiazole rings is 1. The van der Waals surface area contributed by atoms with Gasteiger partial charge in [-0.2, -0.15) is 0 Å². The SMILES string of the molecule is O=S(O)Cc1cccc(-c2cncs2)c1. The Bertz CT molecular complexity index is 468. The maximum atomic E-state index is 10.7. The number of rotatable bonds is 3. The Kier molecular flexibility index (Phi) is 3.25. The van der Waals surface area contributed by atoms with Gasteiger partial charge < -0.3 is 4.55 Å². The summed E-state index contributed by atoms with van der Waals surface area (Å²) in [5.41, 5.74) is 3.67. The monoisotopic (exact) mass is 239 g/mol. The van der Waals surface area contributed by atoms with E-state index < -0.39 is 11.1 Å². The van der Waals surface area contributed by atoms with E-state index in [2.05, 4.69) is 4.98 Å². The highest BCUT2D eigenvalue weighted by Gasteiger charge is 2.02. The first-order valence-corrected chi connectivity index (χ1v) is 6.46. The molecule has 0 bridgehead atoms. The van der Waals surface area contributed by atoms with Crippen molar-refractivity contribution >= 4 is 22.4 Å². The van der Waals surface area contributed by atoms with Crippen LogP contribution in [0.15, 0.2) is 36.0 Å². The summed E-state index contributed by atoms with van der Waals surface area (Å²) in [7, 11) is 0. The molecule has 78 valence electrons. The second kappa shape index (κ2) is 4.65. The maximum Gasteiger partial charge on any atom is 0.157 e. The second-order valence-electron chi connectivity index (χ2n) is 3.03. The van der Waals surface area contributed by atoms with E-state index in [0.29, 0.717) is 0 Å². The summed E-state index contributed by atoms with van der Waals surface area (Å²) in [6.07, 6.45) is 1.79. The van der Waals surface area contributed by atoms with Gasteiger partial charge in [0, 0.05) is 6.20 Å². The molecule has 0 radical (unpaired) electrons. The topological polar surface area (TPSA) is 50.2 Å². The average molecular weight is 239 g/mol. The minimum Gasteiger partial charge on any atom is -0.306 e. The molecule has 0 fully saturated rings. The van der Waals surface area contributed by atoms with Crippen molar-refractivity contribution < 1.29 is 8.76 Å². The lowest BCUT2D eigenvalue weighted by Gasteiger charge is -2.00. The molecule has 1 atom stereocenters. The molecule has 15 heavy (non-hydrogen) atoms. The number of hydrogen-bond donors (Lipinski definition) is 1. The van der Waals surface area contributed by atoms with Crippen LogP contribution in [0.2, 0.25) is 0 Å². The lowest BCUT2D eigenvalue weighted by molar-refractivity contribution is 0.563. The maximum absolute atomic E-state index is 10.7. The van der Waals surface area contributed by atoms with Gasteiger partial charge in [0.25, 0.3) is 0 Å². The third-order valence-corrected chi connectivity index (χ3v) is 3.34. The van der Waals surface area contributed by atoms with E-state index in [-0.39, 0.29) is 5.75 Å². The van der Waals surface area contributed by atoms with Crippen molar-refractivity contribution in [1.29, 1.82) is 0 Å². The predicted octanol–water partition coefficient (Wildman–Crippen LogP) is 2.53. The standard InChI is InChI=1S/C10H9NO2S2/c12-15(13)6-8-2-1-3-9(4-8)10-5-11-7-14-10/h1-5,7H,6H2,(H,12,13). The summed E-state index contributed by atoms with van der Waals surface area (Å²) in [5, 5.41) is 0. The highest BCUT2D eigenvalue weighted by Crippen LogP contribution is 2.24. The second-order valence-corrected chi connectivity index (χ2v) is 4.85. The smallest absolute Gasteiger partial charge is 0.157 e. The van der Waals surface area contributed by atoms with Crippen molar-refractivity contribution in [2.45, 2.75) is 5.75 Å². The first-order valence-electron chi connectivity index (χ1n) is 4.31. The minimum absolute atomic E-state index is 0.173. The van der Waals surface area contributed by atoms with Crippen LogP contribution in [-0.4, -0.2) is 13.7 Å². The van der Waals surface area contributed by atoms with Gasteiger partial charge in [0.15, 0.2) is 11.1 Å². The molecule has 2 rings (SSSR count). The van der Waals surface area contributed by atoms with Crippen molar-refractivity contribution in [2.75, 3.05) is 0 Å². The lowest BCUT2D eigenvalue weighted by atomic mass is 10.1. The molecule has 0 saturated carbocycles. The van der Waals surface area contributed by atoms with Gasteiger partial charge in [0.2, 0.25) is 0 Å². The van der Waals surface area contributed by atoms with Crippen LogP contribution in [0.3, 0.4) is 0 Å². The Hall–Kier alpha value is -1.04. The first-order chi connectivity index (χ1) is 7.25. The summed E-state index contributed by atoms with van der Waals surface area (Å²) in [5.74, 6) is 0.173. The Labute approximate surface area is 94.1 Å². The van der Waals surface area contributed by atoms with Gasteiger partial charge in [-0.15, -0.1) is 11.3 Å². The molecule has 1 N–H and O–H groups in total. The molecular formula is C10H9NO2S2. The molecule has 0 saturated heterocycles. The fourth-order valence-electron chi connectivity index (χ4n) is 1.32. The van der Waals surface area contributed by atoms with E-state index in [9.17, 15) is 4.21 Å². The lowest BCUT2D eigenvalue weighted by Crippen LogP contribution is -1.92. The summed E-state index contributed by atoms with van der Waals surface area (Å²) >= 11 is -0.230. The zero-order chi connectivity index (χ0) is 10.7. The van der Waals surface area contributed by atoms with Gasteiger partial charge in [-0.3, -0.25) is 4.98 Å². The summed E-state index contributed by atoms with van der Waals surface area (Å²) in [4.78, 5) is 5.07. The normalized spacial score (nSPS) is 12.6. The molecular weight excluding hydrogens is 230 g/mol. The van der Waals surface area contributed by atoms with E-state index in [0.717, 1.165) is 16.0 Å². The fourth-order valence-corrected chi connectivity index (χ4v) is 2.40. The fraction of sp³-hybridized carbons (Fsp3) is 0.100. The molecule has 1 aromatic carbocycles. The van der Waals surface area contributed by atoms with Crippen LogP contribution >= 0.6 is 11.3 Å². The van der Waals surface area contributed by atoms with Gasteiger partial charge in [-0.05, 0) is 17.2 Å². The Morgan fingerprint density at radius 2 is 2.33 bits per heavy atom. The van der Waals surface area contributed by atoms with Crippen LogP contribution in [0.5, 0.6) is 0 Å². The molecule has 0 spiro atoms. The summed E-state index contributed by atoms with van der Waals surface area (Å²) in [6.45, 7) is 0. The van der Waals surface area contributed by atoms with E-state index in [1.54, 1.807) is 23.0 Å². The highest BCUT2D eigenvalue weighted by molar-refractivity contribution is 7.78. The first kappa shape index (κ1) is 10.5. The zero-order valence-electron chi connectivity index (χ0n) is 7.79. The third kappa shape index (κ3) is 2.71. The molecule has 0 aliphatic rings. The molecule has 0 aliphatic heterocycles. The minimum atomic E-state index is -1.78. The molecule has 1 aromatic heterocycles. The van der Waals surface area contributed by atoms with Crippen LogP contribution in [0.25, 0.3) is 10.4 Å². The molecule has 1 heterocycles. The zero-order valence-corrected chi connectivity index (χ0v) is 9.42. The summed E-state index contributed by atoms with van der Waals surface area (Å²) < 4.78 is 19.5. The Morgan fingerprint density at radius 3 is 3.00 bits per heavy atom. The molecule has 0 amide bonds. The van der Waals surface area contributed by atoms with Crippen LogP contribution in [0.1, 0.15) is 5.56 Å². The van der Waals surface area contributed by atoms with Gasteiger partial charge in [0.05, 0.1) is 16.1 Å². The Morgan fingerprint density at radius 1 is 1.47 bits per heavy atom. The highest BCUT2D eigenvalue weighted by atomic mass is 32.2. The third-order valence-electron chi connectivity index (χ3n) is 1.93. The number of nitrogens with zero attached hydrogens (tertiary/aromatic N) is 1. The summed E-state index contributed by atoms with van der Waals surface area (Å²) in [6, 6.07) is 7.62. The van der Waals surface area contributed by atoms with Crippen molar-refractivity contribution in [3.63, 3.8) is 0 Å². The quantitative estimate of drug-likeness (QED) is 0.837. The van der Waals surface area contributed by atoms with Gasteiger partial charge in [-0.1, -0.05) is 18.2 Å². The largest absolute Gasteiger partial charge is 0.306 e. The van der Waals surface area contributed by atoms with Crippen LogP contribution in [0, 0.1) is 0 Å². The Balaban J connectivity index is 2.31. The molecule has 2 aromatic rings. The van der Waals surface area contributed by atoms with E-state index >= 15 is 0 Å². The van der Waals surface area contributed by atoms with E-state index in [1.807, 2.05) is 24.3 Å². The van der Waals surface area contributed by atoms with E-state index in [4.69, 9.17) is 4.55 Å². The predicted molar refractivity (Wildman–Crippen MR) is 62.0 cm³/mol. The van der Waals surface area contributed by atoms with Crippen LogP contribution < -0.4 is 0 Å². The van der Waals surface area contributed by atoms with Gasteiger partial charge in [-0.25, -0.2) is 4.21 Å². The van der Waals surface area contributed by atoms with Crippen molar-refractivity contribution in [3.8, 4) is 10.4 Å². The van der Waals surface area contributed by atoms with Crippen molar-refractivity contribution in [1.82, 2.24) is 4.98 Å². The van der Waals surface area contributed by atoms with Gasteiger partial charge in [0.1, 0.15) is 0 Å². The molecule has 1 unspecified atom stereocenters. The van der Waals surface area contributed by atoms with Crippen LogP contribution in [0.4, 0.5) is 0 Å². The number of hydrogen-bond acceptors (Lipinski definition) is 3. The van der Waals surface area contributed by atoms with Crippen LogP contribution in [-0.2, 0) is 16.8 Å². The van der Waals surface area contributed by atoms with Gasteiger partial charge >= 0.3 is 0 Å². The molecule has 5 heteroatoms.